The fraction of sp³-hybridized carbons (Fsp3) is 0.400. The summed E-state index contributed by atoms with van der Waals surface area (Å²) in [4.78, 5) is 66.7. The van der Waals surface area contributed by atoms with Gasteiger partial charge in [-0.15, -0.1) is 0 Å². The lowest BCUT2D eigenvalue weighted by Gasteiger charge is -2.32. The van der Waals surface area contributed by atoms with Crippen molar-refractivity contribution in [2.75, 3.05) is 0 Å². The molecular weight excluding hydrogens is 588 g/mol. The Hall–Kier alpha value is -5.11. The van der Waals surface area contributed by atoms with Crippen LogP contribution in [-0.2, 0) is 35.1 Å². The molecule has 0 saturated heterocycles. The standard InChI is InChI=1S/C35H44N4O7/c1-9-23-17-14-18-25(21-23)29(30(41)37-27(32(43)45-34(3,4)5)22-24-15-12-11-13-16-24)39(10-2)31(42)26(19-20-28(36)40)38-33(44)46-35(6,7)8/h2,9,11-18,21,26-27,29H,1,19-20,22H2,3-8H3,(H2,36,40)(H,37,41)(H,38,44). The second-order valence-corrected chi connectivity index (χ2v) is 12.6. The largest absolute Gasteiger partial charge is 0.458 e. The molecule has 2 rings (SSSR count). The third-order valence-electron chi connectivity index (χ3n) is 6.30. The van der Waals surface area contributed by atoms with Crippen molar-refractivity contribution in [3.8, 4) is 12.5 Å². The number of terminal acetylenes is 1. The summed E-state index contributed by atoms with van der Waals surface area (Å²) in [7, 11) is 0. The molecule has 11 heteroatoms. The molecule has 3 atom stereocenters. The molecule has 4 amide bonds. The van der Waals surface area contributed by atoms with Crippen LogP contribution in [0.25, 0.3) is 6.08 Å². The number of carbonyl (C=O) groups is 5. The van der Waals surface area contributed by atoms with E-state index in [0.29, 0.717) is 11.1 Å². The van der Waals surface area contributed by atoms with E-state index in [9.17, 15) is 24.0 Å². The van der Waals surface area contributed by atoms with E-state index >= 15 is 0 Å². The van der Waals surface area contributed by atoms with Gasteiger partial charge in [0.05, 0.1) is 0 Å². The van der Waals surface area contributed by atoms with Gasteiger partial charge in [0.2, 0.25) is 11.8 Å². The topological polar surface area (TPSA) is 157 Å². The van der Waals surface area contributed by atoms with Gasteiger partial charge in [-0.25, -0.2) is 9.59 Å². The first-order chi connectivity index (χ1) is 21.4. The molecule has 3 unspecified atom stereocenters. The Morgan fingerprint density at radius 2 is 1.57 bits per heavy atom. The van der Waals surface area contributed by atoms with Crippen molar-refractivity contribution in [3.63, 3.8) is 0 Å². The average molecular weight is 633 g/mol. The van der Waals surface area contributed by atoms with E-state index in [1.807, 2.05) is 6.07 Å². The molecule has 46 heavy (non-hydrogen) atoms. The highest BCUT2D eigenvalue weighted by molar-refractivity contribution is 5.95. The molecule has 4 N–H and O–H groups in total. The molecule has 0 fully saturated rings. The van der Waals surface area contributed by atoms with E-state index in [0.717, 1.165) is 10.5 Å². The Balaban J connectivity index is 2.59. The molecule has 2 aromatic rings. The highest BCUT2D eigenvalue weighted by Gasteiger charge is 2.38. The lowest BCUT2D eigenvalue weighted by atomic mass is 9.99. The zero-order valence-electron chi connectivity index (χ0n) is 27.3. The SMILES string of the molecule is C#CN(C(=O)C(CCC(N)=O)NC(=O)OC(C)(C)C)C(C(=O)NC(Cc1ccccc1)C(=O)OC(C)(C)C)c1cccc(C=C)c1. The van der Waals surface area contributed by atoms with Gasteiger partial charge in [0, 0.05) is 18.9 Å². The van der Waals surface area contributed by atoms with Crippen LogP contribution in [0.3, 0.4) is 0 Å². The predicted octanol–water partition coefficient (Wildman–Crippen LogP) is 4.02. The zero-order valence-corrected chi connectivity index (χ0v) is 27.3. The van der Waals surface area contributed by atoms with E-state index in [4.69, 9.17) is 21.6 Å². The van der Waals surface area contributed by atoms with Crippen molar-refractivity contribution < 1.29 is 33.4 Å². The minimum absolute atomic E-state index is 0.0896. The molecule has 246 valence electrons. The minimum Gasteiger partial charge on any atom is -0.458 e. The van der Waals surface area contributed by atoms with Gasteiger partial charge >= 0.3 is 12.1 Å². The number of carbonyl (C=O) groups excluding carboxylic acids is 5. The lowest BCUT2D eigenvalue weighted by molar-refractivity contribution is -0.159. The minimum atomic E-state index is -1.48. The lowest BCUT2D eigenvalue weighted by Crippen LogP contribution is -2.53. The molecule has 0 heterocycles. The normalized spacial score (nSPS) is 13.2. The summed E-state index contributed by atoms with van der Waals surface area (Å²) in [5.74, 6) is -3.07. The first-order valence-electron chi connectivity index (χ1n) is 14.8. The smallest absolute Gasteiger partial charge is 0.408 e. The number of amides is 4. The van der Waals surface area contributed by atoms with Gasteiger partial charge in [-0.05, 0) is 70.7 Å². The number of hydrogen-bond acceptors (Lipinski definition) is 7. The monoisotopic (exact) mass is 632 g/mol. The fourth-order valence-electron chi connectivity index (χ4n) is 4.37. The fourth-order valence-corrected chi connectivity index (χ4v) is 4.37. The Bertz CT molecular complexity index is 1450. The van der Waals surface area contributed by atoms with Gasteiger partial charge in [-0.3, -0.25) is 19.3 Å². The summed E-state index contributed by atoms with van der Waals surface area (Å²) in [6.45, 7) is 13.8. The van der Waals surface area contributed by atoms with Crippen LogP contribution in [0.5, 0.6) is 0 Å². The van der Waals surface area contributed by atoms with Crippen LogP contribution < -0.4 is 16.4 Å². The van der Waals surface area contributed by atoms with Crippen LogP contribution in [0.1, 0.15) is 77.1 Å². The van der Waals surface area contributed by atoms with Crippen LogP contribution in [-0.4, -0.2) is 58.0 Å². The molecule has 0 saturated carbocycles. The molecule has 0 spiro atoms. The Morgan fingerprint density at radius 3 is 2.11 bits per heavy atom. The van der Waals surface area contributed by atoms with Crippen LogP contribution >= 0.6 is 0 Å². The Kier molecular flexibility index (Phi) is 13.1. The molecule has 11 nitrogen and oxygen atoms in total. The molecule has 0 aliphatic heterocycles. The molecule has 0 radical (unpaired) electrons. The molecule has 0 aromatic heterocycles. The summed E-state index contributed by atoms with van der Waals surface area (Å²) < 4.78 is 10.9. The van der Waals surface area contributed by atoms with Gasteiger partial charge in [0.25, 0.3) is 5.91 Å². The molecule has 0 aliphatic carbocycles. The van der Waals surface area contributed by atoms with Crippen molar-refractivity contribution in [2.24, 2.45) is 5.73 Å². The number of ether oxygens (including phenoxy) is 2. The third kappa shape index (κ3) is 12.1. The first-order valence-corrected chi connectivity index (χ1v) is 14.8. The van der Waals surface area contributed by atoms with Gasteiger partial charge in [0.15, 0.2) is 0 Å². The second-order valence-electron chi connectivity index (χ2n) is 12.6. The van der Waals surface area contributed by atoms with E-state index in [-0.39, 0.29) is 19.3 Å². The van der Waals surface area contributed by atoms with Crippen molar-refractivity contribution in [2.45, 2.75) is 90.1 Å². The molecule has 0 aliphatic rings. The highest BCUT2D eigenvalue weighted by atomic mass is 16.6. The van der Waals surface area contributed by atoms with Gasteiger partial charge in [0.1, 0.15) is 29.3 Å². The number of nitrogens with zero attached hydrogens (tertiary/aromatic N) is 1. The van der Waals surface area contributed by atoms with Crippen molar-refractivity contribution in [3.05, 3.63) is 77.9 Å². The molecule has 0 bridgehead atoms. The predicted molar refractivity (Wildman–Crippen MR) is 174 cm³/mol. The van der Waals surface area contributed by atoms with E-state index in [2.05, 4.69) is 23.3 Å². The highest BCUT2D eigenvalue weighted by Crippen LogP contribution is 2.25. The van der Waals surface area contributed by atoms with Gasteiger partial charge < -0.3 is 25.8 Å². The van der Waals surface area contributed by atoms with E-state index < -0.39 is 59.1 Å². The Morgan fingerprint density at radius 1 is 0.935 bits per heavy atom. The number of rotatable bonds is 13. The van der Waals surface area contributed by atoms with Crippen LogP contribution in [0, 0.1) is 12.5 Å². The summed E-state index contributed by atoms with van der Waals surface area (Å²) >= 11 is 0. The number of hydrogen-bond donors (Lipinski definition) is 3. The van der Waals surface area contributed by atoms with Gasteiger partial charge in [-0.2, -0.15) is 0 Å². The second kappa shape index (κ2) is 16.3. The van der Waals surface area contributed by atoms with Crippen molar-refractivity contribution in [1.29, 1.82) is 0 Å². The summed E-state index contributed by atoms with van der Waals surface area (Å²) in [5.41, 5.74) is 5.28. The maximum Gasteiger partial charge on any atom is 0.408 e. The summed E-state index contributed by atoms with van der Waals surface area (Å²) in [5, 5.41) is 5.19. The maximum absolute atomic E-state index is 14.2. The summed E-state index contributed by atoms with van der Waals surface area (Å²) in [6.07, 6.45) is 6.09. The molecule has 2 aromatic carbocycles. The number of nitrogens with one attached hydrogen (secondary N) is 2. The van der Waals surface area contributed by atoms with Crippen molar-refractivity contribution >= 4 is 35.9 Å². The zero-order chi connectivity index (χ0) is 34.7. The average Bonchev–Trinajstić information content (AvgIpc) is 2.95. The van der Waals surface area contributed by atoms with Crippen LogP contribution in [0.15, 0.2) is 61.2 Å². The van der Waals surface area contributed by atoms with Gasteiger partial charge in [-0.1, -0.05) is 67.6 Å². The number of benzene rings is 2. The van der Waals surface area contributed by atoms with Crippen molar-refractivity contribution in [1.82, 2.24) is 15.5 Å². The Labute approximate surface area is 270 Å². The number of nitrogens with two attached hydrogens (primary N) is 1. The van der Waals surface area contributed by atoms with Crippen LogP contribution in [0.2, 0.25) is 0 Å². The quantitative estimate of drug-likeness (QED) is 0.171. The number of alkyl carbamates (subject to hydrolysis) is 1. The first kappa shape index (κ1) is 37.1. The number of primary amides is 1. The number of esters is 1. The summed E-state index contributed by atoms with van der Waals surface area (Å²) in [6, 6.07) is 13.9. The van der Waals surface area contributed by atoms with E-state index in [1.54, 1.807) is 96.1 Å². The molecular formula is C35H44N4O7. The third-order valence-corrected chi connectivity index (χ3v) is 6.30. The maximum atomic E-state index is 14.2. The van der Waals surface area contributed by atoms with Crippen LogP contribution in [0.4, 0.5) is 4.79 Å². The van der Waals surface area contributed by atoms with E-state index in [1.165, 1.54) is 0 Å².